The van der Waals surface area contributed by atoms with Crippen molar-refractivity contribution in [3.8, 4) is 0 Å². The lowest BCUT2D eigenvalue weighted by Crippen LogP contribution is -2.47. The lowest BCUT2D eigenvalue weighted by molar-refractivity contribution is -0.134. The average Bonchev–Trinajstić information content (AvgIpc) is 3.42. The van der Waals surface area contributed by atoms with Gasteiger partial charge in [0, 0.05) is 65.6 Å². The van der Waals surface area contributed by atoms with Gasteiger partial charge in [-0.25, -0.2) is 16.8 Å². The Morgan fingerprint density at radius 1 is 0.484 bits per heavy atom. The van der Waals surface area contributed by atoms with Crippen LogP contribution in [-0.2, 0) is 33.9 Å². The van der Waals surface area contributed by atoms with Crippen molar-refractivity contribution in [2.45, 2.75) is 280 Å². The van der Waals surface area contributed by atoms with Gasteiger partial charge in [0.1, 0.15) is 9.84 Å². The SMILES string of the molecule is CC(C)(C)CC(C)(C)O.CC(C)(C)CC1CC(O)C1.CC(C)(C)CC1CCS(=O)(=O)CC1.CC(C)(C)CCO.CC(C)(C)CN1CCS(=O)(=O)CC1.CC(C)CC1CCN(C(=O)CN2CCOCC2)CC1.CC(C)CC1CCOCC1.CC(C)CC1CCSCC1. The minimum atomic E-state index is -2.71. The standard InChI is InChI=1S/C15H28N2O2.C10H20O2S.C9H19NO2S.2C9H18O.C9H18S.C8H18O.C6H14O/c1-13(2)11-14-3-5-17(6-4-14)15(18)12-16-7-9-19-10-8-16;1-10(2,3)8-9-4-6-13(11,12)7-5-9;1-9(2,3)8-10-4-6-13(11,12)7-5-10;1-9(2,3)6-7-4-8(10)5-7;2*1-8(2)7-9-3-5-10-6-4-9;1-7(2,3)6-8(4,5)9;1-6(2,3)4-5-7/h13-14H,3-12H2,1-2H3;9H,4-8H2,1-3H3;4-8H2,1-3H3;7-8,10H,4-6H2,1-3H3;2*8-9H,3-7H2,1-2H3;9H,6H2,1-5H3;7H,4-5H2,1-3H3. The van der Waals surface area contributed by atoms with E-state index in [1.54, 1.807) is 0 Å². The van der Waals surface area contributed by atoms with Crippen molar-refractivity contribution in [3.63, 3.8) is 0 Å². The van der Waals surface area contributed by atoms with Gasteiger partial charge in [-0.2, -0.15) is 11.8 Å². The van der Waals surface area contributed by atoms with Crippen molar-refractivity contribution >= 4 is 37.3 Å². The number of carbonyl (C=O) groups is 1. The van der Waals surface area contributed by atoms with Crippen molar-refractivity contribution in [2.24, 2.45) is 74.4 Å². The van der Waals surface area contributed by atoms with Crippen LogP contribution in [0.5, 0.6) is 0 Å². The van der Waals surface area contributed by atoms with Gasteiger partial charge in [0.15, 0.2) is 9.84 Å². The number of ether oxygens (including phenoxy) is 2. The molecule has 0 aromatic heterocycles. The number of carbonyl (C=O) groups excluding carboxylic acids is 1. The van der Waals surface area contributed by atoms with E-state index < -0.39 is 25.3 Å². The van der Waals surface area contributed by atoms with Crippen molar-refractivity contribution in [3.05, 3.63) is 0 Å². The maximum atomic E-state index is 12.2. The van der Waals surface area contributed by atoms with Crippen LogP contribution in [0.4, 0.5) is 0 Å². The Kier molecular flexibility index (Phi) is 44.2. The fourth-order valence-corrected chi connectivity index (χ4v) is 17.5. The molecule has 1 amide bonds. The monoisotopic (exact) mass is 1350 g/mol. The number of morpholine rings is 1. The van der Waals surface area contributed by atoms with Gasteiger partial charge in [-0.1, -0.05) is 145 Å². The normalized spacial score (nSPS) is 22.6. The Balaban J connectivity index is 0.00000104. The number of aliphatic hydroxyl groups is 3. The Morgan fingerprint density at radius 2 is 0.890 bits per heavy atom. The zero-order valence-corrected chi connectivity index (χ0v) is 66.4. The van der Waals surface area contributed by atoms with Gasteiger partial charge in [-0.3, -0.25) is 9.69 Å². The number of amides is 1. The molecule has 0 unspecified atom stereocenters. The van der Waals surface area contributed by atoms with Crippen LogP contribution in [0.1, 0.15) is 268 Å². The highest BCUT2D eigenvalue weighted by molar-refractivity contribution is 7.99. The van der Waals surface area contributed by atoms with Crippen LogP contribution >= 0.6 is 11.8 Å². The zero-order valence-electron chi connectivity index (χ0n) is 63.9. The summed E-state index contributed by atoms with van der Waals surface area (Å²) in [7, 11) is -5.38. The van der Waals surface area contributed by atoms with Crippen molar-refractivity contribution in [2.75, 3.05) is 120 Å². The molecule has 0 radical (unpaired) electrons. The molecule has 13 nitrogen and oxygen atoms in total. The molecule has 7 fully saturated rings. The maximum Gasteiger partial charge on any atom is 0.236 e. The summed E-state index contributed by atoms with van der Waals surface area (Å²) in [5.74, 6) is 11.4. The van der Waals surface area contributed by atoms with Crippen LogP contribution in [0, 0.1) is 74.4 Å². The second-order valence-electron chi connectivity index (χ2n) is 36.4. The van der Waals surface area contributed by atoms with Crippen LogP contribution in [0.3, 0.4) is 0 Å². The topological polar surface area (TPSA) is 174 Å². The summed E-state index contributed by atoms with van der Waals surface area (Å²) in [6, 6.07) is 0. The predicted molar refractivity (Wildman–Crippen MR) is 393 cm³/mol. The number of thioether (sulfide) groups is 1. The number of sulfone groups is 2. The summed E-state index contributed by atoms with van der Waals surface area (Å²) in [6.45, 7) is 60.8. The van der Waals surface area contributed by atoms with Gasteiger partial charge in [-0.05, 0) is 209 Å². The first-order valence-electron chi connectivity index (χ1n) is 36.4. The average molecular weight is 1350 g/mol. The molecule has 1 saturated carbocycles. The highest BCUT2D eigenvalue weighted by atomic mass is 32.2. The number of hydrogen-bond acceptors (Lipinski definition) is 13. The van der Waals surface area contributed by atoms with Crippen molar-refractivity contribution in [1.82, 2.24) is 14.7 Å². The quantitative estimate of drug-likeness (QED) is 0.159. The van der Waals surface area contributed by atoms with Crippen molar-refractivity contribution < 1.29 is 46.4 Å². The highest BCUT2D eigenvalue weighted by Crippen LogP contribution is 2.37. The van der Waals surface area contributed by atoms with Crippen molar-refractivity contribution in [1.29, 1.82) is 0 Å². The number of hydrogen-bond donors (Lipinski definition) is 3. The molecule has 0 aromatic rings. The number of piperidine rings is 1. The Morgan fingerprint density at radius 3 is 1.24 bits per heavy atom. The summed E-state index contributed by atoms with van der Waals surface area (Å²) in [4.78, 5) is 18.8. The fourth-order valence-electron chi connectivity index (χ4n) is 13.4. The van der Waals surface area contributed by atoms with E-state index in [4.69, 9.17) is 19.7 Å². The number of nitrogens with zero attached hydrogens (tertiary/aromatic N) is 3. The lowest BCUT2D eigenvalue weighted by Gasteiger charge is -2.35. The van der Waals surface area contributed by atoms with E-state index in [9.17, 15) is 26.7 Å². The van der Waals surface area contributed by atoms with Gasteiger partial charge in [0.25, 0.3) is 0 Å². The summed E-state index contributed by atoms with van der Waals surface area (Å²) in [5.41, 5.74) is 1.07. The molecular formula is C75H153N3O10S3. The molecule has 0 spiro atoms. The smallest absolute Gasteiger partial charge is 0.236 e. The molecule has 6 heterocycles. The molecule has 7 rings (SSSR count). The van der Waals surface area contributed by atoms with Crippen LogP contribution in [0.15, 0.2) is 0 Å². The lowest BCUT2D eigenvalue weighted by atomic mass is 9.73. The first-order chi connectivity index (χ1) is 41.5. The van der Waals surface area contributed by atoms with E-state index in [0.717, 1.165) is 146 Å². The molecule has 0 atom stereocenters. The summed E-state index contributed by atoms with van der Waals surface area (Å²) < 4.78 is 55.2. The second kappa shape index (κ2) is 44.5. The van der Waals surface area contributed by atoms with E-state index in [0.29, 0.717) is 77.3 Å². The number of likely N-dealkylation sites (tertiary alicyclic amines) is 1. The van der Waals surface area contributed by atoms with Crippen LogP contribution < -0.4 is 0 Å². The first-order valence-corrected chi connectivity index (χ1v) is 41.2. The van der Waals surface area contributed by atoms with Gasteiger partial charge < -0.3 is 34.6 Å². The Hall–Kier alpha value is -0.560. The third-order valence-corrected chi connectivity index (χ3v) is 21.5. The van der Waals surface area contributed by atoms with Gasteiger partial charge in [0.05, 0.1) is 54.5 Å². The molecule has 16 heteroatoms. The summed E-state index contributed by atoms with van der Waals surface area (Å²) >= 11 is 2.13. The number of aliphatic hydroxyl groups excluding tert-OH is 2. The maximum absolute atomic E-state index is 12.2. The van der Waals surface area contributed by atoms with E-state index in [1.165, 1.54) is 75.7 Å². The molecule has 3 N–H and O–H groups in total. The molecule has 0 aromatic carbocycles. The molecule has 0 bridgehead atoms. The Bertz CT molecular complexity index is 1930. The molecule has 1 aliphatic carbocycles. The number of rotatable bonds is 13. The van der Waals surface area contributed by atoms with Crippen LogP contribution in [-0.4, -0.2) is 184 Å². The predicted octanol–water partition coefficient (Wildman–Crippen LogP) is 16.1. The summed E-state index contributed by atoms with van der Waals surface area (Å²) in [6.07, 6.45) is 20.1. The molecule has 91 heavy (non-hydrogen) atoms. The third-order valence-electron chi connectivity index (χ3n) is 17.2. The van der Waals surface area contributed by atoms with Gasteiger partial charge in [0.2, 0.25) is 5.91 Å². The molecule has 6 aliphatic heterocycles. The Labute approximate surface area is 569 Å². The zero-order chi connectivity index (χ0) is 70.1. The largest absolute Gasteiger partial charge is 0.396 e. The molecule has 546 valence electrons. The van der Waals surface area contributed by atoms with Gasteiger partial charge in [-0.15, -0.1) is 0 Å². The van der Waals surface area contributed by atoms with E-state index >= 15 is 0 Å². The molecule has 6 saturated heterocycles. The second-order valence-corrected chi connectivity index (χ2v) is 42.2. The minimum Gasteiger partial charge on any atom is -0.396 e. The molecule has 7 aliphatic rings. The fraction of sp³-hybridized carbons (Fsp3) is 0.987. The minimum absolute atomic E-state index is 0.0207. The van der Waals surface area contributed by atoms with E-state index in [1.807, 2.05) is 13.8 Å². The summed E-state index contributed by atoms with van der Waals surface area (Å²) in [5, 5.41) is 26.8. The van der Waals surface area contributed by atoms with E-state index in [2.05, 4.69) is 172 Å². The van der Waals surface area contributed by atoms with E-state index in [-0.39, 0.29) is 16.9 Å². The molecular weight excluding hydrogens is 1200 g/mol. The third kappa shape index (κ3) is 56.1. The van der Waals surface area contributed by atoms with Gasteiger partial charge >= 0.3 is 0 Å². The van der Waals surface area contributed by atoms with Crippen LogP contribution in [0.2, 0.25) is 0 Å². The highest BCUT2D eigenvalue weighted by Gasteiger charge is 2.31. The van der Waals surface area contributed by atoms with Crippen LogP contribution in [0.25, 0.3) is 0 Å². The first kappa shape index (κ1) is 90.4.